The van der Waals surface area contributed by atoms with Gasteiger partial charge < -0.3 is 15.4 Å². The van der Waals surface area contributed by atoms with E-state index in [1.54, 1.807) is 0 Å². The zero-order chi connectivity index (χ0) is 15.9. The summed E-state index contributed by atoms with van der Waals surface area (Å²) < 4.78 is 6.03. The minimum Gasteiger partial charge on any atom is -0.490 e. The summed E-state index contributed by atoms with van der Waals surface area (Å²) in [7, 11) is 0. The molecular weight excluding hydrogens is 421 g/mol. The Bertz CT molecular complexity index is 519. The normalized spacial score (nSPS) is 16.7. The number of nitrogens with zero attached hydrogens (tertiary/aromatic N) is 2. The van der Waals surface area contributed by atoms with Gasteiger partial charge in [-0.2, -0.15) is 11.8 Å². The first kappa shape index (κ1) is 20.4. The van der Waals surface area contributed by atoms with Crippen molar-refractivity contribution >= 4 is 41.7 Å². The van der Waals surface area contributed by atoms with E-state index >= 15 is 0 Å². The third kappa shape index (κ3) is 6.41. The van der Waals surface area contributed by atoms with Crippen molar-refractivity contribution in [2.75, 3.05) is 24.6 Å². The van der Waals surface area contributed by atoms with Crippen LogP contribution in [0.25, 0.3) is 0 Å². The largest absolute Gasteiger partial charge is 0.490 e. The Morgan fingerprint density at radius 1 is 1.39 bits per heavy atom. The van der Waals surface area contributed by atoms with E-state index in [1.807, 2.05) is 11.8 Å². The second-order valence-corrected chi connectivity index (χ2v) is 6.95. The van der Waals surface area contributed by atoms with Gasteiger partial charge in [0.25, 0.3) is 0 Å². The average molecular weight is 449 g/mol. The molecule has 1 saturated heterocycles. The number of guanidine groups is 1. The lowest BCUT2D eigenvalue weighted by Gasteiger charge is -2.27. The molecule has 0 aromatic heterocycles. The second-order valence-electron chi connectivity index (χ2n) is 5.72. The third-order valence-corrected chi connectivity index (χ3v) is 4.81. The van der Waals surface area contributed by atoms with Crippen molar-refractivity contribution in [1.29, 1.82) is 0 Å². The molecule has 1 fully saturated rings. The summed E-state index contributed by atoms with van der Waals surface area (Å²) in [5.41, 5.74) is 8.43. The number of aryl methyl sites for hydroxylation is 1. The predicted molar refractivity (Wildman–Crippen MR) is 111 cm³/mol. The first-order chi connectivity index (χ1) is 10.6. The highest BCUT2D eigenvalue weighted by atomic mass is 127. The highest BCUT2D eigenvalue weighted by Gasteiger charge is 2.13. The van der Waals surface area contributed by atoms with Crippen molar-refractivity contribution in [3.05, 3.63) is 29.3 Å². The van der Waals surface area contributed by atoms with Crippen molar-refractivity contribution < 1.29 is 4.74 Å². The molecule has 6 heteroatoms. The molecule has 1 atom stereocenters. The van der Waals surface area contributed by atoms with Gasteiger partial charge in [0.15, 0.2) is 5.96 Å². The van der Waals surface area contributed by atoms with E-state index in [9.17, 15) is 0 Å². The van der Waals surface area contributed by atoms with Crippen LogP contribution >= 0.6 is 35.7 Å². The van der Waals surface area contributed by atoms with Crippen molar-refractivity contribution in [3.63, 3.8) is 0 Å². The molecule has 0 radical (unpaired) electrons. The summed E-state index contributed by atoms with van der Waals surface area (Å²) in [5.74, 6) is 3.84. The molecule has 2 N–H and O–H groups in total. The molecular formula is C17H28IN3OS. The number of halogens is 1. The van der Waals surface area contributed by atoms with Gasteiger partial charge in [-0.05, 0) is 31.9 Å². The maximum absolute atomic E-state index is 6.13. The standard InChI is InChI=1S/C17H27N3OS.HI/c1-4-14(3)21-16-11-13(2)5-6-15(16)12-19-17(18)20-7-9-22-10-8-20;/h5-6,11,14H,4,7-10,12H2,1-3H3,(H2,18,19);1H. The van der Waals surface area contributed by atoms with Crippen LogP contribution in [0.15, 0.2) is 23.2 Å². The fraction of sp³-hybridized carbons (Fsp3) is 0.588. The van der Waals surface area contributed by atoms with Gasteiger partial charge in [-0.25, -0.2) is 4.99 Å². The van der Waals surface area contributed by atoms with Crippen LogP contribution in [0.1, 0.15) is 31.4 Å². The average Bonchev–Trinajstić information content (AvgIpc) is 2.54. The Hall–Kier alpha value is -0.630. The summed E-state index contributed by atoms with van der Waals surface area (Å²) in [6.07, 6.45) is 1.20. The molecule has 1 aliphatic rings. The lowest BCUT2D eigenvalue weighted by Crippen LogP contribution is -2.42. The smallest absolute Gasteiger partial charge is 0.191 e. The molecule has 0 aliphatic carbocycles. The Kier molecular flexibility index (Phi) is 9.12. The van der Waals surface area contributed by atoms with Gasteiger partial charge >= 0.3 is 0 Å². The van der Waals surface area contributed by atoms with E-state index < -0.39 is 0 Å². The number of nitrogens with two attached hydrogens (primary N) is 1. The van der Waals surface area contributed by atoms with E-state index in [-0.39, 0.29) is 30.1 Å². The van der Waals surface area contributed by atoms with Crippen molar-refractivity contribution in [1.82, 2.24) is 4.90 Å². The SMILES string of the molecule is CCC(C)Oc1cc(C)ccc1CN=C(N)N1CCSCC1.I. The van der Waals surface area contributed by atoms with Crippen LogP contribution in [0.3, 0.4) is 0 Å². The number of thioether (sulfide) groups is 1. The lowest BCUT2D eigenvalue weighted by molar-refractivity contribution is 0.215. The van der Waals surface area contributed by atoms with E-state index in [2.05, 4.69) is 48.9 Å². The number of hydrogen-bond donors (Lipinski definition) is 1. The van der Waals surface area contributed by atoms with Crippen LogP contribution in [0.5, 0.6) is 5.75 Å². The zero-order valence-electron chi connectivity index (χ0n) is 14.2. The summed E-state index contributed by atoms with van der Waals surface area (Å²) in [4.78, 5) is 6.74. The van der Waals surface area contributed by atoms with Gasteiger partial charge in [-0.1, -0.05) is 19.1 Å². The van der Waals surface area contributed by atoms with E-state index in [4.69, 9.17) is 10.5 Å². The molecule has 23 heavy (non-hydrogen) atoms. The molecule has 1 heterocycles. The summed E-state index contributed by atoms with van der Waals surface area (Å²) >= 11 is 1.97. The van der Waals surface area contributed by atoms with Crippen molar-refractivity contribution in [3.8, 4) is 5.75 Å². The monoisotopic (exact) mass is 449 g/mol. The van der Waals surface area contributed by atoms with Gasteiger partial charge in [0.2, 0.25) is 0 Å². The zero-order valence-corrected chi connectivity index (χ0v) is 17.4. The van der Waals surface area contributed by atoms with E-state index in [0.29, 0.717) is 12.5 Å². The molecule has 1 aromatic rings. The minimum absolute atomic E-state index is 0. The molecule has 1 aromatic carbocycles. The highest BCUT2D eigenvalue weighted by Crippen LogP contribution is 2.23. The van der Waals surface area contributed by atoms with Gasteiger partial charge in [-0.3, -0.25) is 0 Å². The Balaban J connectivity index is 0.00000264. The number of hydrogen-bond acceptors (Lipinski definition) is 3. The molecule has 0 spiro atoms. The van der Waals surface area contributed by atoms with Crippen LogP contribution in [-0.4, -0.2) is 41.6 Å². The third-order valence-electron chi connectivity index (χ3n) is 3.87. The number of rotatable bonds is 5. The Morgan fingerprint density at radius 2 is 2.09 bits per heavy atom. The van der Waals surface area contributed by atoms with Gasteiger partial charge in [0, 0.05) is 30.2 Å². The van der Waals surface area contributed by atoms with Crippen LogP contribution in [-0.2, 0) is 6.54 Å². The van der Waals surface area contributed by atoms with Crippen molar-refractivity contribution in [2.45, 2.75) is 39.8 Å². The molecule has 130 valence electrons. The van der Waals surface area contributed by atoms with Gasteiger partial charge in [-0.15, -0.1) is 24.0 Å². The number of ether oxygens (including phenoxy) is 1. The number of aliphatic imine (C=N–C) groups is 1. The minimum atomic E-state index is 0. The maximum atomic E-state index is 6.13. The summed E-state index contributed by atoms with van der Waals surface area (Å²) in [6.45, 7) is 8.85. The van der Waals surface area contributed by atoms with Gasteiger partial charge in [0.05, 0.1) is 12.6 Å². The topological polar surface area (TPSA) is 50.9 Å². The van der Waals surface area contributed by atoms with Gasteiger partial charge in [0.1, 0.15) is 5.75 Å². The predicted octanol–water partition coefficient (Wildman–Crippen LogP) is 3.65. The molecule has 4 nitrogen and oxygen atoms in total. The highest BCUT2D eigenvalue weighted by molar-refractivity contribution is 14.0. The summed E-state index contributed by atoms with van der Waals surface area (Å²) in [5, 5.41) is 0. The van der Waals surface area contributed by atoms with E-state index in [0.717, 1.165) is 42.3 Å². The fourth-order valence-electron chi connectivity index (χ4n) is 2.26. The number of benzene rings is 1. The molecule has 2 rings (SSSR count). The molecule has 0 amide bonds. The van der Waals surface area contributed by atoms with Crippen LogP contribution < -0.4 is 10.5 Å². The lowest BCUT2D eigenvalue weighted by atomic mass is 10.1. The molecule has 1 aliphatic heterocycles. The maximum Gasteiger partial charge on any atom is 0.191 e. The fourth-order valence-corrected chi connectivity index (χ4v) is 3.16. The molecule has 0 saturated carbocycles. The Labute approximate surface area is 161 Å². The van der Waals surface area contributed by atoms with Crippen LogP contribution in [0, 0.1) is 6.92 Å². The van der Waals surface area contributed by atoms with E-state index in [1.165, 1.54) is 5.56 Å². The quantitative estimate of drug-likeness (QED) is 0.424. The van der Waals surface area contributed by atoms with Crippen LogP contribution in [0.2, 0.25) is 0 Å². The molecule has 0 bridgehead atoms. The van der Waals surface area contributed by atoms with Crippen molar-refractivity contribution in [2.24, 2.45) is 10.7 Å². The first-order valence-electron chi connectivity index (χ1n) is 7.99. The first-order valence-corrected chi connectivity index (χ1v) is 9.14. The Morgan fingerprint density at radius 3 is 2.74 bits per heavy atom. The van der Waals surface area contributed by atoms with Crippen LogP contribution in [0.4, 0.5) is 0 Å². The summed E-state index contributed by atoms with van der Waals surface area (Å²) in [6, 6.07) is 6.28. The molecule has 1 unspecified atom stereocenters. The second kappa shape index (κ2) is 10.3.